The summed E-state index contributed by atoms with van der Waals surface area (Å²) in [7, 11) is 0. The van der Waals surface area contributed by atoms with Crippen molar-refractivity contribution in [2.24, 2.45) is 0 Å². The van der Waals surface area contributed by atoms with Crippen LogP contribution >= 0.6 is 0 Å². The van der Waals surface area contributed by atoms with Crippen LogP contribution in [0.15, 0.2) is 192 Å². The van der Waals surface area contributed by atoms with Crippen molar-refractivity contribution in [3.63, 3.8) is 0 Å². The Hall–Kier alpha value is -7.10. The van der Waals surface area contributed by atoms with Crippen LogP contribution in [0.25, 0.3) is 88.9 Å². The van der Waals surface area contributed by atoms with Crippen molar-refractivity contribution >= 4 is 32.7 Å². The van der Waals surface area contributed by atoms with Crippen molar-refractivity contribution in [3.05, 3.63) is 205 Å². The monoisotopic (exact) mass is 702 g/mol. The fourth-order valence-electron chi connectivity index (χ4n) is 8.82. The summed E-state index contributed by atoms with van der Waals surface area (Å²) < 4.78 is 6.11. The molecule has 3 nitrogen and oxygen atoms in total. The SMILES string of the molecule is CC1(c2ccccc2)c2ccccc2-c2cccc(-c3cc(-c4ccc(-c5ccc6oc7ccccc7c6c5)cc4)nc(-c4ccc5ccccc5c4)n3)c21. The number of para-hydroxylation sites is 1. The van der Waals surface area contributed by atoms with Gasteiger partial charge in [-0.15, -0.1) is 0 Å². The lowest BCUT2D eigenvalue weighted by Gasteiger charge is -2.30. The summed E-state index contributed by atoms with van der Waals surface area (Å²) in [5.74, 6) is 0.703. The van der Waals surface area contributed by atoms with Crippen molar-refractivity contribution in [2.45, 2.75) is 12.3 Å². The summed E-state index contributed by atoms with van der Waals surface area (Å²) in [5, 5.41) is 4.61. The zero-order valence-electron chi connectivity index (χ0n) is 30.2. The van der Waals surface area contributed by atoms with Gasteiger partial charge in [0.15, 0.2) is 5.82 Å². The van der Waals surface area contributed by atoms with Crippen LogP contribution in [0.3, 0.4) is 0 Å². The minimum absolute atomic E-state index is 0.374. The Bertz CT molecular complexity index is 3110. The van der Waals surface area contributed by atoms with E-state index in [1.54, 1.807) is 0 Å². The summed E-state index contributed by atoms with van der Waals surface area (Å²) in [6.07, 6.45) is 0. The number of rotatable bonds is 5. The Kier molecular flexibility index (Phi) is 6.99. The fourth-order valence-corrected chi connectivity index (χ4v) is 8.82. The number of benzene rings is 8. The van der Waals surface area contributed by atoms with E-state index in [1.807, 2.05) is 12.1 Å². The average molecular weight is 703 g/mol. The van der Waals surface area contributed by atoms with E-state index in [2.05, 4.69) is 183 Å². The molecule has 0 fully saturated rings. The predicted octanol–water partition coefficient (Wildman–Crippen LogP) is 13.5. The number of hydrogen-bond donors (Lipinski definition) is 0. The molecule has 0 saturated heterocycles. The van der Waals surface area contributed by atoms with E-state index in [0.29, 0.717) is 5.82 Å². The Morgan fingerprint density at radius 3 is 1.96 bits per heavy atom. The van der Waals surface area contributed by atoms with Crippen LogP contribution in [0.2, 0.25) is 0 Å². The molecule has 1 aliphatic carbocycles. The standard InChI is InChI=1S/C52H34N2O/c1-52(39-14-3-2-4-15-39)45-20-9-7-16-40(45)42-18-11-19-43(50(42)52)47-32-46(53-51(54-47)38-27-24-33-12-5-6-13-36(33)30-38)35-25-22-34(23-26-35)37-28-29-49-44(31-37)41-17-8-10-21-48(41)55-49/h2-32H,1H3. The zero-order chi connectivity index (χ0) is 36.5. The van der Waals surface area contributed by atoms with Crippen LogP contribution < -0.4 is 0 Å². The Morgan fingerprint density at radius 2 is 1.07 bits per heavy atom. The molecule has 0 radical (unpaired) electrons. The van der Waals surface area contributed by atoms with Gasteiger partial charge in [0.25, 0.3) is 0 Å². The fraction of sp³-hybridized carbons (Fsp3) is 0.0385. The van der Waals surface area contributed by atoms with Crippen LogP contribution in [-0.2, 0) is 5.41 Å². The highest BCUT2D eigenvalue weighted by Gasteiger charge is 2.42. The molecule has 2 heterocycles. The number of nitrogens with zero attached hydrogens (tertiary/aromatic N) is 2. The highest BCUT2D eigenvalue weighted by Crippen LogP contribution is 2.55. The maximum atomic E-state index is 6.11. The van der Waals surface area contributed by atoms with Crippen molar-refractivity contribution < 1.29 is 4.42 Å². The number of hydrogen-bond acceptors (Lipinski definition) is 3. The van der Waals surface area contributed by atoms with Gasteiger partial charge in [0.2, 0.25) is 0 Å². The highest BCUT2D eigenvalue weighted by molar-refractivity contribution is 6.06. The molecule has 258 valence electrons. The molecule has 0 spiro atoms. The third-order valence-corrected chi connectivity index (χ3v) is 11.6. The van der Waals surface area contributed by atoms with E-state index in [1.165, 1.54) is 33.2 Å². The topological polar surface area (TPSA) is 38.9 Å². The molecule has 10 aromatic rings. The third kappa shape index (κ3) is 4.97. The second kappa shape index (κ2) is 12.2. The normalized spacial score (nSPS) is 14.7. The first-order chi connectivity index (χ1) is 27.1. The van der Waals surface area contributed by atoms with E-state index >= 15 is 0 Å². The molecule has 0 aliphatic heterocycles. The molecular formula is C52H34N2O. The van der Waals surface area contributed by atoms with E-state index in [-0.39, 0.29) is 5.41 Å². The van der Waals surface area contributed by atoms with Crippen LogP contribution in [0, 0.1) is 0 Å². The van der Waals surface area contributed by atoms with E-state index < -0.39 is 0 Å². The smallest absolute Gasteiger partial charge is 0.160 e. The van der Waals surface area contributed by atoms with Gasteiger partial charge >= 0.3 is 0 Å². The van der Waals surface area contributed by atoms with Crippen molar-refractivity contribution in [1.82, 2.24) is 9.97 Å². The molecule has 8 aromatic carbocycles. The lowest BCUT2D eigenvalue weighted by Crippen LogP contribution is -2.23. The summed E-state index contributed by atoms with van der Waals surface area (Å²) in [6.45, 7) is 2.37. The minimum Gasteiger partial charge on any atom is -0.456 e. The molecule has 3 heteroatoms. The molecule has 0 amide bonds. The maximum absolute atomic E-state index is 6.11. The molecule has 1 aliphatic rings. The molecular weight excluding hydrogens is 669 g/mol. The number of fused-ring (bicyclic) bond motifs is 7. The quantitative estimate of drug-likeness (QED) is 0.179. The van der Waals surface area contributed by atoms with Crippen molar-refractivity contribution in [2.75, 3.05) is 0 Å². The van der Waals surface area contributed by atoms with Gasteiger partial charge in [0.1, 0.15) is 11.2 Å². The number of furan rings is 1. The minimum atomic E-state index is -0.374. The van der Waals surface area contributed by atoms with Gasteiger partial charge in [0.05, 0.1) is 11.4 Å². The predicted molar refractivity (Wildman–Crippen MR) is 226 cm³/mol. The van der Waals surface area contributed by atoms with Gasteiger partial charge < -0.3 is 4.42 Å². The summed E-state index contributed by atoms with van der Waals surface area (Å²) in [5.41, 5.74) is 15.0. The Morgan fingerprint density at radius 1 is 0.418 bits per heavy atom. The van der Waals surface area contributed by atoms with Gasteiger partial charge in [-0.05, 0) is 87.0 Å². The van der Waals surface area contributed by atoms with Gasteiger partial charge in [0, 0.05) is 32.9 Å². The highest BCUT2D eigenvalue weighted by atomic mass is 16.3. The molecule has 2 aromatic heterocycles. The molecule has 55 heavy (non-hydrogen) atoms. The zero-order valence-corrected chi connectivity index (χ0v) is 30.2. The van der Waals surface area contributed by atoms with Crippen LogP contribution in [0.4, 0.5) is 0 Å². The largest absolute Gasteiger partial charge is 0.456 e. The lowest BCUT2D eigenvalue weighted by molar-refractivity contribution is 0.669. The van der Waals surface area contributed by atoms with E-state index in [9.17, 15) is 0 Å². The first kappa shape index (κ1) is 31.4. The number of aromatic nitrogens is 2. The van der Waals surface area contributed by atoms with Crippen molar-refractivity contribution in [3.8, 4) is 56.2 Å². The van der Waals surface area contributed by atoms with Gasteiger partial charge in [-0.2, -0.15) is 0 Å². The maximum Gasteiger partial charge on any atom is 0.160 e. The Labute approximate surface area is 319 Å². The summed E-state index contributed by atoms with van der Waals surface area (Å²) in [4.78, 5) is 10.7. The second-order valence-electron chi connectivity index (χ2n) is 14.7. The first-order valence-electron chi connectivity index (χ1n) is 18.8. The van der Waals surface area contributed by atoms with Crippen LogP contribution in [0.5, 0.6) is 0 Å². The lowest BCUT2D eigenvalue weighted by atomic mass is 9.72. The third-order valence-electron chi connectivity index (χ3n) is 11.6. The summed E-state index contributed by atoms with van der Waals surface area (Å²) in [6, 6.07) is 67.0. The summed E-state index contributed by atoms with van der Waals surface area (Å²) >= 11 is 0. The van der Waals surface area contributed by atoms with Gasteiger partial charge in [-0.3, -0.25) is 0 Å². The molecule has 0 N–H and O–H groups in total. The average Bonchev–Trinajstić information content (AvgIpc) is 3.76. The molecule has 11 rings (SSSR count). The molecule has 0 bridgehead atoms. The molecule has 1 atom stereocenters. The van der Waals surface area contributed by atoms with Gasteiger partial charge in [-0.25, -0.2) is 9.97 Å². The Balaban J connectivity index is 1.09. The first-order valence-corrected chi connectivity index (χ1v) is 18.8. The van der Waals surface area contributed by atoms with E-state index in [0.717, 1.165) is 66.5 Å². The van der Waals surface area contributed by atoms with Crippen LogP contribution in [0.1, 0.15) is 23.6 Å². The molecule has 0 saturated carbocycles. The van der Waals surface area contributed by atoms with E-state index in [4.69, 9.17) is 14.4 Å². The van der Waals surface area contributed by atoms with Gasteiger partial charge in [-0.1, -0.05) is 158 Å². The van der Waals surface area contributed by atoms with Crippen LogP contribution in [-0.4, -0.2) is 9.97 Å². The second-order valence-corrected chi connectivity index (χ2v) is 14.7. The van der Waals surface area contributed by atoms with Crippen molar-refractivity contribution in [1.29, 1.82) is 0 Å². The molecule has 1 unspecified atom stereocenters.